The second kappa shape index (κ2) is 4.99. The standard InChI is InChI=1S/C13H18N4/c1-10(2)13-12(9-17(3)16-13)15-8-11-6-4-5-7-14-11/h4-7,9-10,15H,8H2,1-3H3. The van der Waals surface area contributed by atoms with Crippen molar-refractivity contribution in [2.75, 3.05) is 5.32 Å². The molecule has 17 heavy (non-hydrogen) atoms. The molecule has 0 saturated carbocycles. The van der Waals surface area contributed by atoms with Gasteiger partial charge in [0.25, 0.3) is 0 Å². The van der Waals surface area contributed by atoms with Crippen molar-refractivity contribution < 1.29 is 0 Å². The van der Waals surface area contributed by atoms with E-state index in [9.17, 15) is 0 Å². The average molecular weight is 230 g/mol. The molecule has 1 N–H and O–H groups in total. The fourth-order valence-electron chi connectivity index (χ4n) is 1.76. The van der Waals surface area contributed by atoms with Gasteiger partial charge in [0.2, 0.25) is 0 Å². The van der Waals surface area contributed by atoms with Gasteiger partial charge in [-0.2, -0.15) is 5.10 Å². The molecule has 4 heteroatoms. The first-order chi connectivity index (χ1) is 8.16. The molecular weight excluding hydrogens is 212 g/mol. The second-order valence-electron chi connectivity index (χ2n) is 4.43. The Labute approximate surface area is 102 Å². The van der Waals surface area contributed by atoms with Crippen molar-refractivity contribution in [2.45, 2.75) is 26.3 Å². The monoisotopic (exact) mass is 230 g/mol. The van der Waals surface area contributed by atoms with Crippen LogP contribution in [0.25, 0.3) is 0 Å². The van der Waals surface area contributed by atoms with E-state index in [0.29, 0.717) is 5.92 Å². The zero-order valence-electron chi connectivity index (χ0n) is 10.5. The summed E-state index contributed by atoms with van der Waals surface area (Å²) in [7, 11) is 1.94. The van der Waals surface area contributed by atoms with E-state index < -0.39 is 0 Å². The van der Waals surface area contributed by atoms with Crippen molar-refractivity contribution in [3.05, 3.63) is 42.0 Å². The molecule has 0 aromatic carbocycles. The van der Waals surface area contributed by atoms with Crippen LogP contribution in [0.4, 0.5) is 5.69 Å². The first-order valence-electron chi connectivity index (χ1n) is 5.84. The van der Waals surface area contributed by atoms with Gasteiger partial charge < -0.3 is 5.32 Å². The number of hydrogen-bond acceptors (Lipinski definition) is 3. The largest absolute Gasteiger partial charge is 0.377 e. The van der Waals surface area contributed by atoms with E-state index in [1.807, 2.05) is 42.3 Å². The number of aryl methyl sites for hydroxylation is 1. The molecule has 0 amide bonds. The third-order valence-electron chi connectivity index (χ3n) is 2.59. The molecule has 4 nitrogen and oxygen atoms in total. The highest BCUT2D eigenvalue weighted by Crippen LogP contribution is 2.22. The quantitative estimate of drug-likeness (QED) is 0.877. The van der Waals surface area contributed by atoms with E-state index in [1.165, 1.54) is 0 Å². The van der Waals surface area contributed by atoms with Crippen LogP contribution in [0.3, 0.4) is 0 Å². The molecule has 0 aliphatic heterocycles. The highest BCUT2D eigenvalue weighted by Gasteiger charge is 2.10. The molecule has 0 atom stereocenters. The molecule has 2 heterocycles. The topological polar surface area (TPSA) is 42.7 Å². The third-order valence-corrected chi connectivity index (χ3v) is 2.59. The van der Waals surface area contributed by atoms with Gasteiger partial charge in [0.05, 0.1) is 23.6 Å². The minimum Gasteiger partial charge on any atom is -0.377 e. The zero-order chi connectivity index (χ0) is 12.3. The number of nitrogens with zero attached hydrogens (tertiary/aromatic N) is 3. The van der Waals surface area contributed by atoms with Crippen LogP contribution < -0.4 is 5.32 Å². The summed E-state index contributed by atoms with van der Waals surface area (Å²) in [4.78, 5) is 4.29. The Bertz CT molecular complexity index is 473. The van der Waals surface area contributed by atoms with Gasteiger partial charge in [-0.1, -0.05) is 19.9 Å². The van der Waals surface area contributed by atoms with Crippen LogP contribution in [0.15, 0.2) is 30.6 Å². The lowest BCUT2D eigenvalue weighted by Crippen LogP contribution is -2.03. The molecular formula is C13H18N4. The third kappa shape index (κ3) is 2.84. The van der Waals surface area contributed by atoms with Crippen LogP contribution in [0, 0.1) is 0 Å². The molecule has 0 aliphatic carbocycles. The summed E-state index contributed by atoms with van der Waals surface area (Å²) in [5.74, 6) is 0.419. The van der Waals surface area contributed by atoms with Gasteiger partial charge in [0.1, 0.15) is 0 Å². The number of pyridine rings is 1. The molecule has 0 saturated heterocycles. The van der Waals surface area contributed by atoms with E-state index in [2.05, 4.69) is 29.2 Å². The molecule has 0 bridgehead atoms. The lowest BCUT2D eigenvalue weighted by molar-refractivity contribution is 0.713. The number of nitrogens with one attached hydrogen (secondary N) is 1. The summed E-state index contributed by atoms with van der Waals surface area (Å²) in [5, 5.41) is 7.84. The zero-order valence-corrected chi connectivity index (χ0v) is 10.5. The summed E-state index contributed by atoms with van der Waals surface area (Å²) in [6, 6.07) is 5.93. The minimum absolute atomic E-state index is 0.419. The van der Waals surface area contributed by atoms with Gasteiger partial charge in [0.15, 0.2) is 0 Å². The lowest BCUT2D eigenvalue weighted by Gasteiger charge is -2.07. The molecule has 2 rings (SSSR count). The molecule has 0 aliphatic rings. The molecule has 0 fully saturated rings. The van der Waals surface area contributed by atoms with E-state index in [-0.39, 0.29) is 0 Å². The summed E-state index contributed by atoms with van der Waals surface area (Å²) in [6.45, 7) is 5.02. The summed E-state index contributed by atoms with van der Waals surface area (Å²) in [5.41, 5.74) is 3.22. The maximum absolute atomic E-state index is 4.46. The van der Waals surface area contributed by atoms with Gasteiger partial charge in [-0.05, 0) is 18.1 Å². The Morgan fingerprint density at radius 1 is 1.35 bits per heavy atom. The fourth-order valence-corrected chi connectivity index (χ4v) is 1.76. The minimum atomic E-state index is 0.419. The lowest BCUT2D eigenvalue weighted by atomic mass is 10.1. The summed E-state index contributed by atoms with van der Waals surface area (Å²) in [6.07, 6.45) is 3.82. The van der Waals surface area contributed by atoms with Crippen molar-refractivity contribution in [3.63, 3.8) is 0 Å². The van der Waals surface area contributed by atoms with Crippen LogP contribution in [-0.2, 0) is 13.6 Å². The van der Waals surface area contributed by atoms with Gasteiger partial charge in [0, 0.05) is 19.4 Å². The van der Waals surface area contributed by atoms with Crippen LogP contribution >= 0.6 is 0 Å². The van der Waals surface area contributed by atoms with Crippen LogP contribution in [-0.4, -0.2) is 14.8 Å². The highest BCUT2D eigenvalue weighted by molar-refractivity contribution is 5.47. The van der Waals surface area contributed by atoms with Crippen molar-refractivity contribution >= 4 is 5.69 Å². The SMILES string of the molecule is CC(C)c1nn(C)cc1NCc1ccccn1. The van der Waals surface area contributed by atoms with E-state index in [4.69, 9.17) is 0 Å². The van der Waals surface area contributed by atoms with Gasteiger partial charge in [-0.25, -0.2) is 0 Å². The molecule has 90 valence electrons. The van der Waals surface area contributed by atoms with E-state index >= 15 is 0 Å². The highest BCUT2D eigenvalue weighted by atomic mass is 15.3. The normalized spacial score (nSPS) is 10.8. The van der Waals surface area contributed by atoms with Crippen molar-refractivity contribution in [1.29, 1.82) is 0 Å². The van der Waals surface area contributed by atoms with E-state index in [0.717, 1.165) is 23.6 Å². The van der Waals surface area contributed by atoms with Crippen LogP contribution in [0.5, 0.6) is 0 Å². The first kappa shape index (κ1) is 11.6. The smallest absolute Gasteiger partial charge is 0.0881 e. The maximum atomic E-state index is 4.46. The second-order valence-corrected chi connectivity index (χ2v) is 4.43. The van der Waals surface area contributed by atoms with Crippen LogP contribution in [0.2, 0.25) is 0 Å². The van der Waals surface area contributed by atoms with Crippen LogP contribution in [0.1, 0.15) is 31.2 Å². The van der Waals surface area contributed by atoms with Crippen molar-refractivity contribution in [3.8, 4) is 0 Å². The van der Waals surface area contributed by atoms with Gasteiger partial charge in [-0.15, -0.1) is 0 Å². The Kier molecular flexibility index (Phi) is 3.42. The van der Waals surface area contributed by atoms with Crippen molar-refractivity contribution in [2.24, 2.45) is 7.05 Å². The Hall–Kier alpha value is -1.84. The van der Waals surface area contributed by atoms with Gasteiger partial charge >= 0.3 is 0 Å². The number of rotatable bonds is 4. The summed E-state index contributed by atoms with van der Waals surface area (Å²) >= 11 is 0. The summed E-state index contributed by atoms with van der Waals surface area (Å²) < 4.78 is 1.84. The fraction of sp³-hybridized carbons (Fsp3) is 0.385. The predicted molar refractivity (Wildman–Crippen MR) is 68.9 cm³/mol. The molecule has 2 aromatic rings. The molecule has 0 unspecified atom stereocenters. The molecule has 0 spiro atoms. The average Bonchev–Trinajstić information content (AvgIpc) is 2.69. The molecule has 0 radical (unpaired) electrons. The first-order valence-corrected chi connectivity index (χ1v) is 5.84. The molecule has 2 aromatic heterocycles. The number of anilines is 1. The van der Waals surface area contributed by atoms with E-state index in [1.54, 1.807) is 0 Å². The Morgan fingerprint density at radius 2 is 2.18 bits per heavy atom. The van der Waals surface area contributed by atoms with Crippen molar-refractivity contribution in [1.82, 2.24) is 14.8 Å². The number of hydrogen-bond donors (Lipinski definition) is 1. The predicted octanol–water partition coefficient (Wildman–Crippen LogP) is 2.55. The number of aromatic nitrogens is 3. The maximum Gasteiger partial charge on any atom is 0.0881 e. The Morgan fingerprint density at radius 3 is 2.82 bits per heavy atom. The Balaban J connectivity index is 2.09. The van der Waals surface area contributed by atoms with Gasteiger partial charge in [-0.3, -0.25) is 9.67 Å².